The maximum absolute atomic E-state index is 12.8. The first-order chi connectivity index (χ1) is 10.7. The van der Waals surface area contributed by atoms with E-state index in [2.05, 4.69) is 21.9 Å². The van der Waals surface area contributed by atoms with Gasteiger partial charge in [-0.05, 0) is 39.7 Å². The lowest BCUT2D eigenvalue weighted by molar-refractivity contribution is 0.0652. The van der Waals surface area contributed by atoms with Gasteiger partial charge in [-0.3, -0.25) is 4.79 Å². The standard InChI is InChI=1S/C16H24N4O2/c1-3-22-15-14(16(21)20-10-8-19(2)9-11-20)17-12-6-4-5-7-13(12)18-15/h3-11H2,1-2H3. The highest BCUT2D eigenvalue weighted by atomic mass is 16.5. The van der Waals surface area contributed by atoms with Gasteiger partial charge in [-0.15, -0.1) is 0 Å². The second-order valence-electron chi connectivity index (χ2n) is 6.01. The first-order valence-electron chi connectivity index (χ1n) is 8.19. The first-order valence-corrected chi connectivity index (χ1v) is 8.19. The summed E-state index contributed by atoms with van der Waals surface area (Å²) in [6.07, 6.45) is 4.11. The van der Waals surface area contributed by atoms with E-state index < -0.39 is 0 Å². The van der Waals surface area contributed by atoms with Crippen LogP contribution in [0.15, 0.2) is 0 Å². The fourth-order valence-corrected chi connectivity index (χ4v) is 3.01. The van der Waals surface area contributed by atoms with Crippen LogP contribution in [-0.2, 0) is 12.8 Å². The van der Waals surface area contributed by atoms with E-state index in [1.54, 1.807) is 0 Å². The summed E-state index contributed by atoms with van der Waals surface area (Å²) in [4.78, 5) is 26.1. The smallest absolute Gasteiger partial charge is 0.278 e. The van der Waals surface area contributed by atoms with Crippen molar-refractivity contribution in [3.63, 3.8) is 0 Å². The Kier molecular flexibility index (Phi) is 4.57. The van der Waals surface area contributed by atoms with Crippen LogP contribution in [0.3, 0.4) is 0 Å². The Morgan fingerprint density at radius 1 is 1.09 bits per heavy atom. The number of aromatic nitrogens is 2. The molecule has 0 N–H and O–H groups in total. The SMILES string of the molecule is CCOc1nc2c(nc1C(=O)N1CCN(C)CC1)CCCC2. The number of hydrogen-bond donors (Lipinski definition) is 0. The molecule has 0 bridgehead atoms. The van der Waals surface area contributed by atoms with Gasteiger partial charge in [0, 0.05) is 26.2 Å². The van der Waals surface area contributed by atoms with Crippen LogP contribution in [0, 0.1) is 0 Å². The number of rotatable bonds is 3. The van der Waals surface area contributed by atoms with Crippen LogP contribution in [0.25, 0.3) is 0 Å². The van der Waals surface area contributed by atoms with E-state index in [1.807, 2.05) is 11.8 Å². The van der Waals surface area contributed by atoms with Crippen molar-refractivity contribution in [2.45, 2.75) is 32.6 Å². The number of nitrogens with zero attached hydrogens (tertiary/aromatic N) is 4. The Morgan fingerprint density at radius 3 is 2.36 bits per heavy atom. The minimum atomic E-state index is -0.0441. The van der Waals surface area contributed by atoms with Gasteiger partial charge in [0.1, 0.15) is 0 Å². The van der Waals surface area contributed by atoms with Crippen molar-refractivity contribution < 1.29 is 9.53 Å². The maximum atomic E-state index is 12.8. The fraction of sp³-hybridized carbons (Fsp3) is 0.688. The third kappa shape index (κ3) is 3.06. The van der Waals surface area contributed by atoms with E-state index in [0.717, 1.165) is 63.3 Å². The molecule has 0 spiro atoms. The van der Waals surface area contributed by atoms with Crippen LogP contribution in [-0.4, -0.2) is 65.5 Å². The molecule has 3 rings (SSSR count). The fourth-order valence-electron chi connectivity index (χ4n) is 3.01. The lowest BCUT2D eigenvalue weighted by atomic mass is 10.0. The van der Waals surface area contributed by atoms with Crippen LogP contribution in [0.5, 0.6) is 5.88 Å². The average molecular weight is 304 g/mol. The molecule has 1 aliphatic carbocycles. The lowest BCUT2D eigenvalue weighted by Gasteiger charge is -2.32. The number of aryl methyl sites for hydroxylation is 2. The summed E-state index contributed by atoms with van der Waals surface area (Å²) in [7, 11) is 2.08. The Hall–Kier alpha value is -1.69. The largest absolute Gasteiger partial charge is 0.476 e. The summed E-state index contributed by atoms with van der Waals surface area (Å²) in [6.45, 7) is 5.67. The molecule has 1 aromatic rings. The third-order valence-corrected chi connectivity index (χ3v) is 4.37. The molecule has 120 valence electrons. The molecule has 2 heterocycles. The summed E-state index contributed by atoms with van der Waals surface area (Å²) >= 11 is 0. The first kappa shape index (κ1) is 15.2. The molecular weight excluding hydrogens is 280 g/mol. The molecule has 0 radical (unpaired) electrons. The second kappa shape index (κ2) is 6.60. The molecule has 6 heteroatoms. The zero-order chi connectivity index (χ0) is 15.5. The van der Waals surface area contributed by atoms with Gasteiger partial charge in [0.25, 0.3) is 5.91 Å². The van der Waals surface area contributed by atoms with Crippen LogP contribution in [0.2, 0.25) is 0 Å². The maximum Gasteiger partial charge on any atom is 0.278 e. The van der Waals surface area contributed by atoms with Crippen LogP contribution >= 0.6 is 0 Å². The monoisotopic (exact) mass is 304 g/mol. The minimum Gasteiger partial charge on any atom is -0.476 e. The number of carbonyl (C=O) groups excluding carboxylic acids is 1. The quantitative estimate of drug-likeness (QED) is 0.838. The summed E-state index contributed by atoms with van der Waals surface area (Å²) in [6, 6.07) is 0. The molecular formula is C16H24N4O2. The topological polar surface area (TPSA) is 58.6 Å². The van der Waals surface area contributed by atoms with Crippen molar-refractivity contribution in [3.05, 3.63) is 17.1 Å². The number of hydrogen-bond acceptors (Lipinski definition) is 5. The molecule has 0 aromatic carbocycles. The van der Waals surface area contributed by atoms with Gasteiger partial charge in [0.2, 0.25) is 5.88 Å². The molecule has 2 aliphatic rings. The second-order valence-corrected chi connectivity index (χ2v) is 6.01. The molecule has 1 aliphatic heterocycles. The van der Waals surface area contributed by atoms with Crippen LogP contribution < -0.4 is 4.74 Å². The predicted octanol–water partition coefficient (Wildman–Crippen LogP) is 1.14. The van der Waals surface area contributed by atoms with Gasteiger partial charge in [-0.1, -0.05) is 0 Å². The number of fused-ring (bicyclic) bond motifs is 1. The van der Waals surface area contributed by atoms with E-state index in [4.69, 9.17) is 4.74 Å². The Bertz CT molecular complexity index is 553. The summed E-state index contributed by atoms with van der Waals surface area (Å²) in [5.74, 6) is 0.365. The zero-order valence-corrected chi connectivity index (χ0v) is 13.5. The molecule has 0 unspecified atom stereocenters. The number of carbonyl (C=O) groups is 1. The van der Waals surface area contributed by atoms with Gasteiger partial charge in [-0.25, -0.2) is 9.97 Å². The van der Waals surface area contributed by atoms with E-state index in [9.17, 15) is 4.79 Å². The molecule has 22 heavy (non-hydrogen) atoms. The highest BCUT2D eigenvalue weighted by Crippen LogP contribution is 2.24. The van der Waals surface area contributed by atoms with Crippen molar-refractivity contribution in [2.75, 3.05) is 39.8 Å². The van der Waals surface area contributed by atoms with E-state index >= 15 is 0 Å². The highest BCUT2D eigenvalue weighted by molar-refractivity contribution is 5.94. The molecule has 1 saturated heterocycles. The predicted molar refractivity (Wildman–Crippen MR) is 83.2 cm³/mol. The number of piperazine rings is 1. The minimum absolute atomic E-state index is 0.0441. The Balaban J connectivity index is 1.88. The summed E-state index contributed by atoms with van der Waals surface area (Å²) in [5.41, 5.74) is 2.38. The van der Waals surface area contributed by atoms with Crippen molar-refractivity contribution >= 4 is 5.91 Å². The molecule has 1 amide bonds. The number of likely N-dealkylation sites (N-methyl/N-ethyl adjacent to an activating group) is 1. The number of ether oxygens (including phenoxy) is 1. The normalized spacial score (nSPS) is 18.9. The van der Waals surface area contributed by atoms with Crippen molar-refractivity contribution in [1.82, 2.24) is 19.8 Å². The van der Waals surface area contributed by atoms with Crippen LogP contribution in [0.4, 0.5) is 0 Å². The molecule has 1 aromatic heterocycles. The average Bonchev–Trinajstić information content (AvgIpc) is 2.54. The molecule has 6 nitrogen and oxygen atoms in total. The Labute approximate surface area is 131 Å². The van der Waals surface area contributed by atoms with Gasteiger partial charge < -0.3 is 14.5 Å². The van der Waals surface area contributed by atoms with E-state index in [1.165, 1.54) is 0 Å². The molecule has 1 fully saturated rings. The van der Waals surface area contributed by atoms with Crippen molar-refractivity contribution in [3.8, 4) is 5.88 Å². The molecule has 0 saturated carbocycles. The molecule has 0 atom stereocenters. The van der Waals surface area contributed by atoms with Gasteiger partial charge >= 0.3 is 0 Å². The Morgan fingerprint density at radius 2 is 1.73 bits per heavy atom. The summed E-state index contributed by atoms with van der Waals surface area (Å²) < 4.78 is 5.60. The van der Waals surface area contributed by atoms with Gasteiger partial charge in [0.15, 0.2) is 5.69 Å². The van der Waals surface area contributed by atoms with Crippen molar-refractivity contribution in [2.24, 2.45) is 0 Å². The highest BCUT2D eigenvalue weighted by Gasteiger charge is 2.27. The summed E-state index contributed by atoms with van der Waals surface area (Å²) in [5, 5.41) is 0. The lowest BCUT2D eigenvalue weighted by Crippen LogP contribution is -2.47. The van der Waals surface area contributed by atoms with Gasteiger partial charge in [-0.2, -0.15) is 0 Å². The van der Waals surface area contributed by atoms with Gasteiger partial charge in [0.05, 0.1) is 18.0 Å². The zero-order valence-electron chi connectivity index (χ0n) is 13.5. The van der Waals surface area contributed by atoms with E-state index in [-0.39, 0.29) is 5.91 Å². The van der Waals surface area contributed by atoms with Crippen molar-refractivity contribution in [1.29, 1.82) is 0 Å². The van der Waals surface area contributed by atoms with Crippen LogP contribution in [0.1, 0.15) is 41.6 Å². The van der Waals surface area contributed by atoms with E-state index in [0.29, 0.717) is 18.2 Å². The third-order valence-electron chi connectivity index (χ3n) is 4.37. The number of amides is 1.